The topological polar surface area (TPSA) is 193 Å². The molecule has 14 heteroatoms. The molecule has 1 aromatic rings. The van der Waals surface area contributed by atoms with E-state index in [2.05, 4.69) is 29.8 Å². The zero-order chi connectivity index (χ0) is 41.8. The molecular weight excluding hydrogens is 716 g/mol. The minimum absolute atomic E-state index is 0.217. The van der Waals surface area contributed by atoms with Gasteiger partial charge in [0.15, 0.2) is 0 Å². The largest absolute Gasteiger partial charge is 0.446 e. The molecule has 0 radical (unpaired) electrons. The van der Waals surface area contributed by atoms with Crippen molar-refractivity contribution in [1.29, 1.82) is 0 Å². The molecule has 0 aliphatic carbocycles. The van der Waals surface area contributed by atoms with Crippen molar-refractivity contribution in [2.45, 2.75) is 161 Å². The summed E-state index contributed by atoms with van der Waals surface area (Å²) >= 11 is 0. The van der Waals surface area contributed by atoms with Gasteiger partial charge < -0.3 is 41.3 Å². The van der Waals surface area contributed by atoms with Gasteiger partial charge in [-0.3, -0.25) is 14.4 Å². The smallest absolute Gasteiger partial charge is 0.408 e. The van der Waals surface area contributed by atoms with Gasteiger partial charge in [-0.25, -0.2) is 9.59 Å². The summed E-state index contributed by atoms with van der Waals surface area (Å²) in [7, 11) is 0. The number of alkyl carbamates (subject to hydrolysis) is 2. The molecule has 314 valence electrons. The molecule has 56 heavy (non-hydrogen) atoms. The van der Waals surface area contributed by atoms with Gasteiger partial charge in [-0.1, -0.05) is 56.3 Å². The maximum Gasteiger partial charge on any atom is 0.408 e. The van der Waals surface area contributed by atoms with Crippen molar-refractivity contribution in [3.63, 3.8) is 0 Å². The number of hydrogen-bond donors (Lipinski definition) is 5. The number of carbonyl (C=O) groups excluding carboxylic acids is 5. The zero-order valence-electron chi connectivity index (χ0n) is 35.1. The molecule has 2 fully saturated rings. The van der Waals surface area contributed by atoms with Crippen molar-refractivity contribution >= 4 is 29.9 Å². The maximum absolute atomic E-state index is 14.3. The van der Waals surface area contributed by atoms with Crippen LogP contribution in [-0.4, -0.2) is 99.1 Å². The third kappa shape index (κ3) is 14.7. The summed E-state index contributed by atoms with van der Waals surface area (Å²) in [6.07, 6.45) is 6.56. The number of likely N-dealkylation sites (tertiary alicyclic amines) is 1. The van der Waals surface area contributed by atoms with Crippen LogP contribution in [0, 0.1) is 11.8 Å². The first-order valence-electron chi connectivity index (χ1n) is 20.1. The number of nitrogens with one attached hydrogen (secondary N) is 3. The van der Waals surface area contributed by atoms with E-state index < -0.39 is 58.7 Å². The molecule has 5 amide bonds. The number of hydrogen-bond acceptors (Lipinski definition) is 9. The standard InChI is InChI=1S/C42H68N6O8/c1-28(2)24-31(45-39(53)56-40(3,4)5)21-20-30(25-29-16-11-10-12-17-29)37(51)47-23-15-19-34(47)36(50)46-33(35(43)49)18-13-14-22-44-38(52)55-32-26-41(6,7)48(54)42(8,9)27-32/h10-12,16-17,20-21,28,30-34,54H,13-15,18-19,22-27H2,1-9H3,(H2,43,49)(H,44,52)(H,45,53)(H,46,50)/b21-20+/t30-,31-,33+,34+/m1/s1. The molecule has 4 atom stereocenters. The summed E-state index contributed by atoms with van der Waals surface area (Å²) in [5, 5.41) is 20.3. The first-order chi connectivity index (χ1) is 26.1. The molecule has 2 saturated heterocycles. The molecule has 0 bridgehead atoms. The Labute approximate surface area is 333 Å². The number of benzene rings is 1. The Hall–Kier alpha value is -4.17. The highest BCUT2D eigenvalue weighted by atomic mass is 16.6. The van der Waals surface area contributed by atoms with Crippen LogP contribution in [0.3, 0.4) is 0 Å². The van der Waals surface area contributed by atoms with Crippen LogP contribution in [0.1, 0.15) is 119 Å². The van der Waals surface area contributed by atoms with Crippen LogP contribution in [0.15, 0.2) is 42.5 Å². The molecule has 1 aromatic carbocycles. The molecule has 0 spiro atoms. The van der Waals surface area contributed by atoms with Crippen molar-refractivity contribution in [2.24, 2.45) is 17.6 Å². The van der Waals surface area contributed by atoms with Gasteiger partial charge in [-0.05, 0) is 105 Å². The van der Waals surface area contributed by atoms with Crippen LogP contribution in [0.5, 0.6) is 0 Å². The second-order valence-corrected chi connectivity index (χ2v) is 18.0. The van der Waals surface area contributed by atoms with E-state index in [9.17, 15) is 29.2 Å². The molecule has 0 aromatic heterocycles. The van der Waals surface area contributed by atoms with E-state index in [1.165, 1.54) is 5.06 Å². The monoisotopic (exact) mass is 785 g/mol. The predicted octanol–water partition coefficient (Wildman–Crippen LogP) is 5.61. The maximum atomic E-state index is 14.3. The van der Waals surface area contributed by atoms with Crippen LogP contribution >= 0.6 is 0 Å². The predicted molar refractivity (Wildman–Crippen MR) is 214 cm³/mol. The van der Waals surface area contributed by atoms with Gasteiger partial charge in [0.05, 0.1) is 12.0 Å². The van der Waals surface area contributed by atoms with Crippen molar-refractivity contribution < 1.29 is 38.7 Å². The van der Waals surface area contributed by atoms with Gasteiger partial charge >= 0.3 is 12.2 Å². The lowest BCUT2D eigenvalue weighted by Gasteiger charge is -2.50. The fraction of sp³-hybridized carbons (Fsp3) is 0.690. The lowest BCUT2D eigenvalue weighted by molar-refractivity contribution is -0.256. The van der Waals surface area contributed by atoms with Gasteiger partial charge in [0.25, 0.3) is 0 Å². The summed E-state index contributed by atoms with van der Waals surface area (Å²) in [5.74, 6) is -1.70. The van der Waals surface area contributed by atoms with Crippen molar-refractivity contribution in [1.82, 2.24) is 25.9 Å². The minimum Gasteiger partial charge on any atom is -0.446 e. The quantitative estimate of drug-likeness (QED) is 0.0987. The highest BCUT2D eigenvalue weighted by Crippen LogP contribution is 2.38. The Morgan fingerprint density at radius 2 is 1.61 bits per heavy atom. The first kappa shape index (κ1) is 46.2. The highest BCUT2D eigenvalue weighted by Gasteiger charge is 2.46. The average Bonchev–Trinajstić information content (AvgIpc) is 3.57. The second kappa shape index (κ2) is 20.3. The Morgan fingerprint density at radius 3 is 2.20 bits per heavy atom. The number of carbonyl (C=O) groups is 5. The van der Waals surface area contributed by atoms with Crippen molar-refractivity contribution in [3.05, 3.63) is 48.0 Å². The van der Waals surface area contributed by atoms with Crippen molar-refractivity contribution in [3.8, 4) is 0 Å². The molecule has 2 aliphatic rings. The number of piperidine rings is 1. The molecule has 0 saturated carbocycles. The van der Waals surface area contributed by atoms with Gasteiger partial charge in [0, 0.05) is 37.0 Å². The number of ether oxygens (including phenoxy) is 2. The van der Waals surface area contributed by atoms with E-state index in [0.717, 1.165) is 5.56 Å². The van der Waals surface area contributed by atoms with E-state index in [1.807, 2.05) is 70.2 Å². The summed E-state index contributed by atoms with van der Waals surface area (Å²) in [4.78, 5) is 67.2. The lowest BCUT2D eigenvalue weighted by Crippen LogP contribution is -2.60. The first-order valence-corrected chi connectivity index (χ1v) is 20.1. The van der Waals surface area contributed by atoms with Crippen LogP contribution < -0.4 is 21.7 Å². The fourth-order valence-electron chi connectivity index (χ4n) is 7.71. The minimum atomic E-state index is -0.948. The number of nitrogens with two attached hydrogens (primary N) is 1. The Kier molecular flexibility index (Phi) is 16.8. The normalized spacial score (nSPS) is 20.3. The highest BCUT2D eigenvalue weighted by molar-refractivity contribution is 5.93. The molecule has 0 unspecified atom stereocenters. The SMILES string of the molecule is CC(C)C[C@@H](/C=C/[C@H](Cc1ccccc1)C(=O)N1CCC[C@H]1C(=O)N[C@@H](CCCCNC(=O)OC1CC(C)(C)N(O)C(C)(C)C1)C(N)=O)NC(=O)OC(C)(C)C. The number of rotatable bonds is 17. The molecule has 14 nitrogen and oxygen atoms in total. The fourth-order valence-corrected chi connectivity index (χ4v) is 7.71. The van der Waals surface area contributed by atoms with Crippen molar-refractivity contribution in [2.75, 3.05) is 13.1 Å². The number of nitrogens with zero attached hydrogens (tertiary/aromatic N) is 2. The zero-order valence-corrected chi connectivity index (χ0v) is 35.1. The van der Waals surface area contributed by atoms with E-state index in [0.29, 0.717) is 64.5 Å². The van der Waals surface area contributed by atoms with Gasteiger partial charge in [-0.2, -0.15) is 5.06 Å². The number of amides is 5. The summed E-state index contributed by atoms with van der Waals surface area (Å²) in [5.41, 5.74) is 4.89. The molecule has 3 rings (SSSR count). The molecule has 2 aliphatic heterocycles. The second-order valence-electron chi connectivity index (χ2n) is 18.0. The van der Waals surface area contributed by atoms with E-state index in [-0.39, 0.29) is 30.4 Å². The molecule has 2 heterocycles. The van der Waals surface area contributed by atoms with Crippen LogP contribution in [0.4, 0.5) is 9.59 Å². The van der Waals surface area contributed by atoms with E-state index in [4.69, 9.17) is 15.2 Å². The Morgan fingerprint density at radius 1 is 0.964 bits per heavy atom. The molecule has 6 N–H and O–H groups in total. The average molecular weight is 785 g/mol. The van der Waals surface area contributed by atoms with Gasteiger partial charge in [-0.15, -0.1) is 0 Å². The summed E-state index contributed by atoms with van der Waals surface area (Å²) in [6.45, 7) is 17.8. The van der Waals surface area contributed by atoms with Gasteiger partial charge in [0.1, 0.15) is 23.8 Å². The van der Waals surface area contributed by atoms with Gasteiger partial charge in [0.2, 0.25) is 17.7 Å². The molecular formula is C42H68N6O8. The Bertz CT molecular complexity index is 1490. The lowest BCUT2D eigenvalue weighted by atomic mass is 9.80. The Balaban J connectivity index is 1.61. The summed E-state index contributed by atoms with van der Waals surface area (Å²) in [6, 6.07) is 7.53. The number of primary amides is 1. The van der Waals surface area contributed by atoms with E-state index in [1.54, 1.807) is 25.7 Å². The third-order valence-electron chi connectivity index (χ3n) is 10.2. The van der Waals surface area contributed by atoms with Crippen LogP contribution in [0.25, 0.3) is 0 Å². The van der Waals surface area contributed by atoms with Crippen LogP contribution in [-0.2, 0) is 30.3 Å². The number of unbranched alkanes of at least 4 members (excludes halogenated alkanes) is 1. The third-order valence-corrected chi connectivity index (χ3v) is 10.2. The van der Waals surface area contributed by atoms with Crippen LogP contribution in [0.2, 0.25) is 0 Å². The van der Waals surface area contributed by atoms with E-state index >= 15 is 0 Å². The number of hydroxylamine groups is 2. The summed E-state index contributed by atoms with van der Waals surface area (Å²) < 4.78 is 11.2.